The van der Waals surface area contributed by atoms with Gasteiger partial charge in [0.25, 0.3) is 0 Å². The van der Waals surface area contributed by atoms with Crippen molar-refractivity contribution in [2.75, 3.05) is 11.4 Å². The van der Waals surface area contributed by atoms with E-state index in [1.54, 1.807) is 23.0 Å². The predicted molar refractivity (Wildman–Crippen MR) is 108 cm³/mol. The summed E-state index contributed by atoms with van der Waals surface area (Å²) in [5.41, 5.74) is 1.38. The van der Waals surface area contributed by atoms with Gasteiger partial charge in [0.05, 0.1) is 17.8 Å². The minimum absolute atomic E-state index is 0.147. The van der Waals surface area contributed by atoms with Gasteiger partial charge in [-0.05, 0) is 37.1 Å². The molecule has 1 fully saturated rings. The largest absolute Gasteiger partial charge is 0.373 e. The molecule has 4 aromatic rings. The number of nitrogens with zero attached hydrogens (tertiary/aromatic N) is 6. The fourth-order valence-electron chi connectivity index (χ4n) is 3.92. The molecule has 3 aromatic heterocycles. The summed E-state index contributed by atoms with van der Waals surface area (Å²) in [7, 11) is 0. The molecule has 0 amide bonds. The van der Waals surface area contributed by atoms with Crippen LogP contribution in [0.3, 0.4) is 0 Å². The first kappa shape index (κ1) is 19.1. The zero-order chi connectivity index (χ0) is 21.5. The molecule has 2 N–H and O–H groups in total. The molecule has 0 spiro atoms. The molecule has 156 valence electrons. The highest BCUT2D eigenvalue weighted by Crippen LogP contribution is 2.37. The lowest BCUT2D eigenvalue weighted by molar-refractivity contribution is 0.228. The molecule has 1 aliphatic rings. The lowest BCUT2D eigenvalue weighted by Gasteiger charge is -2.26. The van der Waals surface area contributed by atoms with Gasteiger partial charge < -0.3 is 15.0 Å². The van der Waals surface area contributed by atoms with Crippen molar-refractivity contribution in [2.45, 2.75) is 25.0 Å². The van der Waals surface area contributed by atoms with Gasteiger partial charge in [0.1, 0.15) is 17.5 Å². The topological polar surface area (TPSA) is 95.2 Å². The van der Waals surface area contributed by atoms with Crippen molar-refractivity contribution in [1.29, 1.82) is 0 Å². The molecular weight excluding hydrogens is 404 g/mol. The Balaban J connectivity index is 1.54. The van der Waals surface area contributed by atoms with Crippen molar-refractivity contribution in [2.24, 2.45) is 0 Å². The molecule has 1 aliphatic heterocycles. The Morgan fingerprint density at radius 2 is 2.13 bits per heavy atom. The van der Waals surface area contributed by atoms with Crippen LogP contribution in [0.4, 0.5) is 14.6 Å². The number of hydrogen-bond acceptors (Lipinski definition) is 6. The monoisotopic (exact) mass is 421 g/mol. The van der Waals surface area contributed by atoms with Gasteiger partial charge in [0, 0.05) is 18.3 Å². The van der Waals surface area contributed by atoms with Crippen molar-refractivity contribution in [3.05, 3.63) is 59.7 Å². The third-order valence-electron chi connectivity index (χ3n) is 5.39. The van der Waals surface area contributed by atoms with Crippen LogP contribution in [-0.2, 0) is 0 Å². The van der Waals surface area contributed by atoms with Crippen molar-refractivity contribution in [3.8, 4) is 23.7 Å². The summed E-state index contributed by atoms with van der Waals surface area (Å²) in [4.78, 5) is 9.56. The number of H-pyrrole nitrogens is 1. The molecule has 4 heterocycles. The average Bonchev–Trinajstić information content (AvgIpc) is 3.53. The van der Waals surface area contributed by atoms with Gasteiger partial charge in [-0.15, -0.1) is 16.6 Å². The Kier molecular flexibility index (Phi) is 4.60. The van der Waals surface area contributed by atoms with Crippen molar-refractivity contribution >= 4 is 11.5 Å². The maximum atomic E-state index is 14.4. The second kappa shape index (κ2) is 7.45. The number of hydrogen-bond donors (Lipinski definition) is 2. The van der Waals surface area contributed by atoms with E-state index in [0.717, 1.165) is 18.6 Å². The number of aromatic nitrogens is 6. The highest BCUT2D eigenvalue weighted by atomic mass is 19.1. The number of terminal acetylenes is 1. The maximum Gasteiger partial charge on any atom is 0.174 e. The predicted octanol–water partition coefficient (Wildman–Crippen LogP) is 2.80. The minimum atomic E-state index is -1.20. The quantitative estimate of drug-likeness (QED) is 0.492. The number of aliphatic hydroxyl groups excluding tert-OH is 1. The number of aromatic amines is 1. The molecule has 1 unspecified atom stereocenters. The molecule has 0 radical (unpaired) electrons. The number of rotatable bonds is 4. The Labute approximate surface area is 175 Å². The number of halogens is 2. The third kappa shape index (κ3) is 3.29. The Hall–Kier alpha value is -3.84. The first-order valence-electron chi connectivity index (χ1n) is 9.68. The van der Waals surface area contributed by atoms with E-state index in [2.05, 4.69) is 26.2 Å². The van der Waals surface area contributed by atoms with Crippen molar-refractivity contribution in [3.63, 3.8) is 0 Å². The summed E-state index contributed by atoms with van der Waals surface area (Å²) < 4.78 is 29.8. The van der Waals surface area contributed by atoms with Crippen LogP contribution in [0.25, 0.3) is 17.0 Å². The normalized spacial score (nSPS) is 17.2. The third-order valence-corrected chi connectivity index (χ3v) is 5.39. The SMILES string of the molecule is C#CC(O)c1nnc(-c2cnn3ccc(N4CCC[C@@H]4c4cc(F)ccc4F)nc23)[nH]1. The van der Waals surface area contributed by atoms with E-state index < -0.39 is 17.7 Å². The van der Waals surface area contributed by atoms with Gasteiger partial charge in [-0.25, -0.2) is 18.3 Å². The van der Waals surface area contributed by atoms with Crippen LogP contribution < -0.4 is 4.90 Å². The van der Waals surface area contributed by atoms with E-state index >= 15 is 0 Å². The minimum Gasteiger partial charge on any atom is -0.373 e. The van der Waals surface area contributed by atoms with Crippen LogP contribution in [0.15, 0.2) is 36.7 Å². The molecule has 10 heteroatoms. The summed E-state index contributed by atoms with van der Waals surface area (Å²) >= 11 is 0. The number of aliphatic hydroxyl groups is 1. The molecular formula is C21H17F2N7O. The second-order valence-electron chi connectivity index (χ2n) is 7.26. The van der Waals surface area contributed by atoms with Gasteiger partial charge in [-0.1, -0.05) is 5.92 Å². The van der Waals surface area contributed by atoms with Gasteiger partial charge in [-0.2, -0.15) is 5.10 Å². The molecule has 8 nitrogen and oxygen atoms in total. The number of benzene rings is 1. The zero-order valence-electron chi connectivity index (χ0n) is 16.2. The molecule has 0 aliphatic carbocycles. The fraction of sp³-hybridized carbons (Fsp3) is 0.238. The van der Waals surface area contributed by atoms with Crippen molar-refractivity contribution < 1.29 is 13.9 Å². The summed E-state index contributed by atoms with van der Waals surface area (Å²) in [6.45, 7) is 0.661. The van der Waals surface area contributed by atoms with Crippen molar-refractivity contribution in [1.82, 2.24) is 29.8 Å². The standard InChI is InChI=1S/C21H17F2N7O/c1-2-17(31)20-26-19(27-28-20)14-11-24-30-9-7-18(25-21(14)30)29-8-3-4-16(29)13-10-12(22)5-6-15(13)23/h1,5-7,9-11,16-17,31H,3-4,8H2,(H,26,27,28)/t16-,17?/m1/s1. The fourth-order valence-corrected chi connectivity index (χ4v) is 3.92. The lowest BCUT2D eigenvalue weighted by atomic mass is 10.0. The molecule has 2 atom stereocenters. The highest BCUT2D eigenvalue weighted by molar-refractivity contribution is 5.73. The van der Waals surface area contributed by atoms with Crippen LogP contribution >= 0.6 is 0 Å². The van der Waals surface area contributed by atoms with Gasteiger partial charge in [-0.3, -0.25) is 0 Å². The highest BCUT2D eigenvalue weighted by Gasteiger charge is 2.30. The first-order chi connectivity index (χ1) is 15.0. The Morgan fingerprint density at radius 3 is 2.97 bits per heavy atom. The summed E-state index contributed by atoms with van der Waals surface area (Å²) in [6.07, 6.45) is 8.86. The smallest absolute Gasteiger partial charge is 0.174 e. The Bertz CT molecular complexity index is 1310. The zero-order valence-corrected chi connectivity index (χ0v) is 16.2. The van der Waals surface area contributed by atoms with E-state index in [9.17, 15) is 13.9 Å². The molecule has 1 aromatic carbocycles. The van der Waals surface area contributed by atoms with Gasteiger partial charge in [0.2, 0.25) is 0 Å². The van der Waals surface area contributed by atoms with Crippen LogP contribution in [0, 0.1) is 24.0 Å². The van der Waals surface area contributed by atoms with E-state index in [0.29, 0.717) is 41.4 Å². The van der Waals surface area contributed by atoms with E-state index in [1.165, 1.54) is 6.07 Å². The summed E-state index contributed by atoms with van der Waals surface area (Å²) in [5.74, 6) is 2.38. The molecule has 5 rings (SSSR count). The van der Waals surface area contributed by atoms with Crippen LogP contribution in [-0.4, -0.2) is 41.4 Å². The lowest BCUT2D eigenvalue weighted by Crippen LogP contribution is -2.24. The molecule has 0 saturated carbocycles. The van der Waals surface area contributed by atoms with Gasteiger partial charge in [0.15, 0.2) is 23.4 Å². The maximum absolute atomic E-state index is 14.4. The Morgan fingerprint density at radius 1 is 1.26 bits per heavy atom. The van der Waals surface area contributed by atoms with Crippen LogP contribution in [0.2, 0.25) is 0 Å². The number of nitrogens with one attached hydrogen (secondary N) is 1. The van der Waals surface area contributed by atoms with Gasteiger partial charge >= 0.3 is 0 Å². The van der Waals surface area contributed by atoms with E-state index in [-0.39, 0.29) is 11.9 Å². The number of fused-ring (bicyclic) bond motifs is 1. The average molecular weight is 421 g/mol. The van der Waals surface area contributed by atoms with Crippen LogP contribution in [0.5, 0.6) is 0 Å². The van der Waals surface area contributed by atoms with E-state index in [4.69, 9.17) is 11.4 Å². The molecule has 1 saturated heterocycles. The van der Waals surface area contributed by atoms with Crippen LogP contribution in [0.1, 0.15) is 36.4 Å². The molecule has 0 bridgehead atoms. The first-order valence-corrected chi connectivity index (χ1v) is 9.68. The number of anilines is 1. The molecule has 31 heavy (non-hydrogen) atoms. The summed E-state index contributed by atoms with van der Waals surface area (Å²) in [5, 5.41) is 21.9. The van der Waals surface area contributed by atoms with E-state index in [1.807, 2.05) is 4.90 Å². The second-order valence-corrected chi connectivity index (χ2v) is 7.26. The summed E-state index contributed by atoms with van der Waals surface area (Å²) in [6, 6.07) is 4.98.